The van der Waals surface area contributed by atoms with Crippen LogP contribution in [0.1, 0.15) is 21.6 Å². The molecule has 0 fully saturated rings. The third kappa shape index (κ3) is 2.44. The van der Waals surface area contributed by atoms with Crippen LogP contribution in [0.15, 0.2) is 0 Å². The molecule has 1 heterocycles. The average molecular weight is 193 g/mol. The van der Waals surface area contributed by atoms with Crippen LogP contribution in [-0.4, -0.2) is 16.2 Å². The summed E-state index contributed by atoms with van der Waals surface area (Å²) in [4.78, 5) is 10.5. The summed E-state index contributed by atoms with van der Waals surface area (Å²) in [5, 5.41) is 17.5. The second-order valence-corrected chi connectivity index (χ2v) is 2.72. The zero-order valence-electron chi connectivity index (χ0n) is 7.59. The van der Waals surface area contributed by atoms with Gasteiger partial charge in [-0.15, -0.1) is 5.10 Å². The molecule has 0 amide bonds. The van der Waals surface area contributed by atoms with Crippen LogP contribution < -0.4 is 24.0 Å². The summed E-state index contributed by atoms with van der Waals surface area (Å²) in [6.45, 7) is 3.27. The predicted octanol–water partition coefficient (Wildman–Crippen LogP) is -2.89. The number of carboxylic acids is 1. The fourth-order valence-corrected chi connectivity index (χ4v) is 1.07. The molecule has 0 radical (unpaired) electrons. The number of rotatable bonds is 1. The topological polar surface area (TPSA) is 65.9 Å². The Morgan fingerprint density at radius 3 is 2.31 bits per heavy atom. The number of aromatic carboxylic acids is 1. The average Bonchev–Trinajstić information content (AvgIpc) is 1.97. The van der Waals surface area contributed by atoms with Gasteiger partial charge >= 0.3 is 18.9 Å². The number of hydrogen-bond donors (Lipinski definition) is 0. The maximum Gasteiger partial charge on any atom is 1.00 e. The van der Waals surface area contributed by atoms with Gasteiger partial charge in [-0.1, -0.05) is 11.6 Å². The molecule has 13 heavy (non-hydrogen) atoms. The molecule has 0 aromatic carbocycles. The largest absolute Gasteiger partial charge is 1.00 e. The van der Waals surface area contributed by atoms with Gasteiger partial charge in [0.2, 0.25) is 0 Å². The van der Waals surface area contributed by atoms with Crippen molar-refractivity contribution < 1.29 is 28.8 Å². The van der Waals surface area contributed by atoms with Gasteiger partial charge in [-0.3, -0.25) is 0 Å². The minimum absolute atomic E-state index is 0. The molecular formula is C7H6ClLiN2O2. The monoisotopic (exact) mass is 192 g/mol. The van der Waals surface area contributed by atoms with Crippen LogP contribution >= 0.6 is 11.6 Å². The number of carboxylic acid groups (broad SMARTS) is 1. The molecule has 1 aromatic heterocycles. The van der Waals surface area contributed by atoms with E-state index in [9.17, 15) is 9.90 Å². The molecule has 4 nitrogen and oxygen atoms in total. The second-order valence-electron chi connectivity index (χ2n) is 2.36. The van der Waals surface area contributed by atoms with E-state index in [4.69, 9.17) is 11.6 Å². The van der Waals surface area contributed by atoms with Gasteiger partial charge in [0, 0.05) is 5.56 Å². The number of nitrogens with zero attached hydrogens (tertiary/aromatic N) is 2. The predicted molar refractivity (Wildman–Crippen MR) is 40.8 cm³/mol. The summed E-state index contributed by atoms with van der Waals surface area (Å²) < 4.78 is 0. The first-order valence-corrected chi connectivity index (χ1v) is 3.62. The van der Waals surface area contributed by atoms with Crippen LogP contribution in [-0.2, 0) is 0 Å². The van der Waals surface area contributed by atoms with E-state index in [1.807, 2.05) is 0 Å². The minimum Gasteiger partial charge on any atom is -0.545 e. The van der Waals surface area contributed by atoms with Crippen LogP contribution in [0.5, 0.6) is 0 Å². The Hall–Kier alpha value is -0.563. The van der Waals surface area contributed by atoms with Crippen LogP contribution in [0.3, 0.4) is 0 Å². The van der Waals surface area contributed by atoms with Crippen molar-refractivity contribution in [2.24, 2.45) is 0 Å². The van der Waals surface area contributed by atoms with Crippen molar-refractivity contribution in [3.05, 3.63) is 22.0 Å². The van der Waals surface area contributed by atoms with E-state index in [0.29, 0.717) is 11.3 Å². The maximum absolute atomic E-state index is 10.5. The number of aromatic nitrogens is 2. The smallest absolute Gasteiger partial charge is 0.545 e. The van der Waals surface area contributed by atoms with E-state index in [1.54, 1.807) is 13.8 Å². The molecule has 1 aromatic rings. The molecule has 0 saturated heterocycles. The SMILES string of the molecule is Cc1nnc(Cl)c(C(=O)[O-])c1C.[Li+]. The summed E-state index contributed by atoms with van der Waals surface area (Å²) >= 11 is 5.50. The fraction of sp³-hybridized carbons (Fsp3) is 0.286. The van der Waals surface area contributed by atoms with Crippen LogP contribution in [0.2, 0.25) is 5.15 Å². The summed E-state index contributed by atoms with van der Waals surface area (Å²) in [5.41, 5.74) is 0.956. The molecule has 0 spiro atoms. The van der Waals surface area contributed by atoms with E-state index < -0.39 is 5.97 Å². The van der Waals surface area contributed by atoms with Crippen molar-refractivity contribution in [2.45, 2.75) is 13.8 Å². The Morgan fingerprint density at radius 2 is 1.92 bits per heavy atom. The molecular weight excluding hydrogens is 186 g/mol. The Labute approximate surface area is 92.5 Å². The summed E-state index contributed by atoms with van der Waals surface area (Å²) in [6.07, 6.45) is 0. The van der Waals surface area contributed by atoms with Crippen LogP contribution in [0.25, 0.3) is 0 Å². The Bertz CT molecular complexity index is 344. The quantitative estimate of drug-likeness (QED) is 0.448. The zero-order chi connectivity index (χ0) is 9.30. The van der Waals surface area contributed by atoms with Gasteiger partial charge in [0.05, 0.1) is 11.7 Å². The minimum atomic E-state index is -1.32. The van der Waals surface area contributed by atoms with Gasteiger partial charge in [0.25, 0.3) is 0 Å². The molecule has 0 unspecified atom stereocenters. The van der Waals surface area contributed by atoms with Crippen molar-refractivity contribution in [3.8, 4) is 0 Å². The Kier molecular flexibility index (Phi) is 4.41. The van der Waals surface area contributed by atoms with Crippen molar-refractivity contribution in [1.82, 2.24) is 10.2 Å². The second kappa shape index (κ2) is 4.61. The number of hydrogen-bond acceptors (Lipinski definition) is 4. The first-order valence-electron chi connectivity index (χ1n) is 3.24. The van der Waals surface area contributed by atoms with Gasteiger partial charge in [-0.05, 0) is 19.4 Å². The third-order valence-electron chi connectivity index (χ3n) is 1.62. The first-order chi connectivity index (χ1) is 5.54. The number of aryl methyl sites for hydroxylation is 1. The molecule has 0 atom stereocenters. The van der Waals surface area contributed by atoms with Crippen molar-refractivity contribution in [2.75, 3.05) is 0 Å². The van der Waals surface area contributed by atoms with E-state index in [0.717, 1.165) is 0 Å². The molecule has 0 aliphatic carbocycles. The van der Waals surface area contributed by atoms with Crippen molar-refractivity contribution in [1.29, 1.82) is 0 Å². The van der Waals surface area contributed by atoms with E-state index >= 15 is 0 Å². The standard InChI is InChI=1S/C7H7ClN2O2.Li/c1-3-4(2)9-10-6(8)5(3)7(11)12;/h1-2H3,(H,11,12);/q;+1/p-1. The van der Waals surface area contributed by atoms with Gasteiger partial charge in [-0.2, -0.15) is 5.10 Å². The van der Waals surface area contributed by atoms with Gasteiger partial charge < -0.3 is 9.90 Å². The summed E-state index contributed by atoms with van der Waals surface area (Å²) in [5.74, 6) is -1.32. The van der Waals surface area contributed by atoms with E-state index in [-0.39, 0.29) is 29.6 Å². The molecule has 0 bridgehead atoms. The van der Waals surface area contributed by atoms with E-state index in [1.165, 1.54) is 0 Å². The van der Waals surface area contributed by atoms with Gasteiger partial charge in [0.1, 0.15) is 0 Å². The molecule has 0 aliphatic heterocycles. The zero-order valence-corrected chi connectivity index (χ0v) is 8.34. The number of halogens is 1. The number of carbonyl (C=O) groups is 1. The van der Waals surface area contributed by atoms with E-state index in [2.05, 4.69) is 10.2 Å². The molecule has 0 saturated carbocycles. The van der Waals surface area contributed by atoms with Crippen LogP contribution in [0, 0.1) is 13.8 Å². The fourth-order valence-electron chi connectivity index (χ4n) is 0.817. The van der Waals surface area contributed by atoms with Gasteiger partial charge in [0.15, 0.2) is 5.15 Å². The van der Waals surface area contributed by atoms with Gasteiger partial charge in [-0.25, -0.2) is 0 Å². The van der Waals surface area contributed by atoms with Crippen molar-refractivity contribution in [3.63, 3.8) is 0 Å². The summed E-state index contributed by atoms with van der Waals surface area (Å²) in [7, 11) is 0. The van der Waals surface area contributed by atoms with Crippen molar-refractivity contribution >= 4 is 17.6 Å². The Balaban J connectivity index is 0.00000144. The Morgan fingerprint density at radius 1 is 1.38 bits per heavy atom. The first kappa shape index (κ1) is 12.4. The molecule has 64 valence electrons. The number of carbonyl (C=O) groups excluding carboxylic acids is 1. The maximum atomic E-state index is 10.5. The van der Waals surface area contributed by atoms with Crippen LogP contribution in [0.4, 0.5) is 0 Å². The normalized spacial score (nSPS) is 9.15. The molecule has 1 rings (SSSR count). The summed E-state index contributed by atoms with van der Waals surface area (Å²) in [6, 6.07) is 0. The molecule has 0 N–H and O–H groups in total. The molecule has 6 heteroatoms. The third-order valence-corrected chi connectivity index (χ3v) is 1.88. The molecule has 0 aliphatic rings.